The first-order valence-corrected chi connectivity index (χ1v) is 10.9. The number of H-pyrrole nitrogens is 1. The Bertz CT molecular complexity index is 1000. The number of carbonyl (C=O) groups is 2. The number of fused-ring (bicyclic) bond motifs is 4. The minimum atomic E-state index is -0.260. The highest BCUT2D eigenvalue weighted by atomic mass is 16.2. The van der Waals surface area contributed by atoms with Gasteiger partial charge in [0.1, 0.15) is 0 Å². The van der Waals surface area contributed by atoms with Crippen LogP contribution in [0.2, 0.25) is 0 Å². The molecule has 4 atom stereocenters. The fraction of sp³-hybridized carbons (Fsp3) is 0.458. The van der Waals surface area contributed by atoms with Gasteiger partial charge in [0.05, 0.1) is 0 Å². The third kappa shape index (κ3) is 3.44. The lowest BCUT2D eigenvalue weighted by molar-refractivity contribution is -0.151. The highest BCUT2D eigenvalue weighted by Gasteiger charge is 2.49. The smallest absolute Gasteiger partial charge is 0.254 e. The Balaban J connectivity index is 1.45. The Labute approximate surface area is 175 Å². The monoisotopic (exact) mass is 405 g/mol. The second-order valence-electron chi connectivity index (χ2n) is 8.93. The van der Waals surface area contributed by atoms with Crippen molar-refractivity contribution in [3.8, 4) is 0 Å². The van der Waals surface area contributed by atoms with Crippen LogP contribution in [-0.2, 0) is 11.2 Å². The van der Waals surface area contributed by atoms with Crippen LogP contribution >= 0.6 is 0 Å². The number of amides is 2. The molecule has 4 heterocycles. The molecular weight excluding hydrogens is 378 g/mol. The van der Waals surface area contributed by atoms with Gasteiger partial charge in [-0.15, -0.1) is 0 Å². The molecule has 1 aromatic carbocycles. The quantitative estimate of drug-likeness (QED) is 0.853. The Hall–Kier alpha value is -2.89. The summed E-state index contributed by atoms with van der Waals surface area (Å²) < 4.78 is 0. The van der Waals surface area contributed by atoms with Gasteiger partial charge in [-0.3, -0.25) is 14.4 Å². The molecule has 3 aliphatic heterocycles. The Morgan fingerprint density at radius 2 is 1.87 bits per heavy atom. The van der Waals surface area contributed by atoms with Gasteiger partial charge in [0.25, 0.3) is 5.91 Å². The van der Waals surface area contributed by atoms with E-state index in [1.54, 1.807) is 6.07 Å². The van der Waals surface area contributed by atoms with Gasteiger partial charge in [-0.2, -0.15) is 0 Å². The van der Waals surface area contributed by atoms with Gasteiger partial charge in [-0.1, -0.05) is 30.3 Å². The summed E-state index contributed by atoms with van der Waals surface area (Å²) in [6.07, 6.45) is 6.00. The van der Waals surface area contributed by atoms with E-state index in [2.05, 4.69) is 22.0 Å². The van der Waals surface area contributed by atoms with E-state index in [1.165, 1.54) is 17.8 Å². The standard InChI is InChI=1S/C24H27N3O3/c28-22-13-17(9-10-25-22)24(30)26-14-18-12-19(15-26)21(11-16-5-2-1-3-6-16)27-20(18)7-4-8-23(27)29/h1-3,5-6,9-10,13,18-21H,4,7-8,11-12,14-15H2,(H,25,28)/t18-,19+,20+,21+/m1/s1. The number of carbonyl (C=O) groups excluding carboxylic acids is 2. The first-order valence-electron chi connectivity index (χ1n) is 10.9. The highest BCUT2D eigenvalue weighted by Crippen LogP contribution is 2.42. The lowest BCUT2D eigenvalue weighted by Crippen LogP contribution is -2.66. The zero-order valence-corrected chi connectivity index (χ0v) is 17.0. The van der Waals surface area contributed by atoms with E-state index < -0.39 is 0 Å². The number of nitrogens with zero attached hydrogens (tertiary/aromatic N) is 2. The van der Waals surface area contributed by atoms with Crippen molar-refractivity contribution in [2.24, 2.45) is 11.8 Å². The zero-order valence-electron chi connectivity index (χ0n) is 17.0. The minimum absolute atomic E-state index is 0.0788. The first-order chi connectivity index (χ1) is 14.6. The third-order valence-electron chi connectivity index (χ3n) is 7.09. The van der Waals surface area contributed by atoms with E-state index >= 15 is 0 Å². The maximum absolute atomic E-state index is 13.2. The predicted molar refractivity (Wildman–Crippen MR) is 113 cm³/mol. The Morgan fingerprint density at radius 3 is 2.67 bits per heavy atom. The predicted octanol–water partition coefficient (Wildman–Crippen LogP) is 2.46. The number of nitrogens with one attached hydrogen (secondary N) is 1. The lowest BCUT2D eigenvalue weighted by atomic mass is 9.70. The molecule has 3 fully saturated rings. The molecule has 2 bridgehead atoms. The average Bonchev–Trinajstić information content (AvgIpc) is 2.77. The molecule has 6 heteroatoms. The van der Waals surface area contributed by atoms with Crippen molar-refractivity contribution in [3.05, 3.63) is 70.1 Å². The molecule has 3 saturated heterocycles. The molecule has 0 saturated carbocycles. The summed E-state index contributed by atoms with van der Waals surface area (Å²) in [6, 6.07) is 13.7. The Morgan fingerprint density at radius 1 is 1.07 bits per heavy atom. The molecule has 1 N–H and O–H groups in total. The van der Waals surface area contributed by atoms with Gasteiger partial charge in [0.2, 0.25) is 11.5 Å². The van der Waals surface area contributed by atoms with Gasteiger partial charge in [-0.05, 0) is 49.1 Å². The Kier molecular flexibility index (Phi) is 4.93. The number of benzene rings is 1. The number of aromatic nitrogens is 1. The van der Waals surface area contributed by atoms with Gasteiger partial charge in [0.15, 0.2) is 0 Å². The topological polar surface area (TPSA) is 73.5 Å². The molecule has 0 aliphatic carbocycles. The third-order valence-corrected chi connectivity index (χ3v) is 7.09. The van der Waals surface area contributed by atoms with E-state index in [-0.39, 0.29) is 35.4 Å². The fourth-order valence-electron chi connectivity index (χ4n) is 5.82. The van der Waals surface area contributed by atoms with Crippen LogP contribution in [0.4, 0.5) is 0 Å². The number of hydrogen-bond acceptors (Lipinski definition) is 3. The van der Waals surface area contributed by atoms with E-state index in [4.69, 9.17) is 0 Å². The molecular formula is C24H27N3O3. The van der Waals surface area contributed by atoms with E-state index in [1.807, 2.05) is 23.1 Å². The van der Waals surface area contributed by atoms with Crippen molar-refractivity contribution in [2.45, 2.75) is 44.2 Å². The number of rotatable bonds is 3. The SMILES string of the molecule is O=C(c1cc[nH]c(=O)c1)N1C[C@H]2C[C@@H](C1)[C@H](Cc1ccccc1)N1C(=O)CCC[C@@H]21. The maximum atomic E-state index is 13.2. The molecule has 0 spiro atoms. The number of hydrogen-bond donors (Lipinski definition) is 1. The highest BCUT2D eigenvalue weighted by molar-refractivity contribution is 5.94. The van der Waals surface area contributed by atoms with Crippen molar-refractivity contribution in [3.63, 3.8) is 0 Å². The molecule has 2 aromatic rings. The second kappa shape index (κ2) is 7.74. The summed E-state index contributed by atoms with van der Waals surface area (Å²) in [5.74, 6) is 0.764. The maximum Gasteiger partial charge on any atom is 0.254 e. The van der Waals surface area contributed by atoms with E-state index in [0.717, 1.165) is 25.7 Å². The van der Waals surface area contributed by atoms with Crippen LogP contribution in [0.15, 0.2) is 53.5 Å². The number of piperidine rings is 3. The molecule has 3 aliphatic rings. The number of aromatic amines is 1. The molecule has 156 valence electrons. The molecule has 30 heavy (non-hydrogen) atoms. The van der Waals surface area contributed by atoms with Gasteiger partial charge in [-0.25, -0.2) is 0 Å². The zero-order chi connectivity index (χ0) is 20.7. The molecule has 0 unspecified atom stereocenters. The van der Waals surface area contributed by atoms with Crippen LogP contribution in [-0.4, -0.2) is 51.8 Å². The second-order valence-corrected chi connectivity index (χ2v) is 8.93. The van der Waals surface area contributed by atoms with Crippen LogP contribution in [0.1, 0.15) is 41.6 Å². The fourth-order valence-corrected chi connectivity index (χ4v) is 5.82. The summed E-state index contributed by atoms with van der Waals surface area (Å²) >= 11 is 0. The van der Waals surface area contributed by atoms with Crippen molar-refractivity contribution in [2.75, 3.05) is 13.1 Å². The van der Waals surface area contributed by atoms with Crippen molar-refractivity contribution >= 4 is 11.8 Å². The summed E-state index contributed by atoms with van der Waals surface area (Å²) in [5, 5.41) is 0. The van der Waals surface area contributed by atoms with Crippen LogP contribution < -0.4 is 5.56 Å². The molecule has 0 radical (unpaired) electrons. The number of pyridine rings is 1. The van der Waals surface area contributed by atoms with Crippen LogP contribution in [0.3, 0.4) is 0 Å². The molecule has 5 rings (SSSR count). The van der Waals surface area contributed by atoms with E-state index in [0.29, 0.717) is 31.0 Å². The molecule has 6 nitrogen and oxygen atoms in total. The minimum Gasteiger partial charge on any atom is -0.338 e. The molecule has 1 aromatic heterocycles. The average molecular weight is 405 g/mol. The lowest BCUT2D eigenvalue weighted by Gasteiger charge is -2.56. The van der Waals surface area contributed by atoms with Gasteiger partial charge < -0.3 is 14.8 Å². The van der Waals surface area contributed by atoms with E-state index in [9.17, 15) is 14.4 Å². The van der Waals surface area contributed by atoms with Gasteiger partial charge >= 0.3 is 0 Å². The van der Waals surface area contributed by atoms with Crippen LogP contribution in [0, 0.1) is 11.8 Å². The van der Waals surface area contributed by atoms with Crippen LogP contribution in [0.5, 0.6) is 0 Å². The summed E-state index contributed by atoms with van der Waals surface area (Å²) in [6.45, 7) is 1.30. The van der Waals surface area contributed by atoms with Crippen molar-refractivity contribution in [1.82, 2.24) is 14.8 Å². The van der Waals surface area contributed by atoms with Crippen molar-refractivity contribution < 1.29 is 9.59 Å². The summed E-state index contributed by atoms with van der Waals surface area (Å²) in [7, 11) is 0. The van der Waals surface area contributed by atoms with Crippen LogP contribution in [0.25, 0.3) is 0 Å². The number of likely N-dealkylation sites (tertiary alicyclic amines) is 1. The normalized spacial score (nSPS) is 28.2. The van der Waals surface area contributed by atoms with Crippen molar-refractivity contribution in [1.29, 1.82) is 0 Å². The first kappa shape index (κ1) is 19.1. The largest absolute Gasteiger partial charge is 0.338 e. The summed E-state index contributed by atoms with van der Waals surface area (Å²) in [4.78, 5) is 44.5. The van der Waals surface area contributed by atoms with Gasteiger partial charge in [0, 0.05) is 49.4 Å². The summed E-state index contributed by atoms with van der Waals surface area (Å²) in [5.41, 5.74) is 1.41. The molecule has 2 amide bonds.